The molecule has 1 unspecified atom stereocenters. The second-order valence-corrected chi connectivity index (χ2v) is 4.21. The lowest BCUT2D eigenvalue weighted by molar-refractivity contribution is -0.132. The molecule has 0 saturated heterocycles. The fourth-order valence-corrected chi connectivity index (χ4v) is 1.79. The van der Waals surface area contributed by atoms with Crippen LogP contribution in [0.2, 0.25) is 0 Å². The molecule has 1 fully saturated rings. The Morgan fingerprint density at radius 2 is 2.29 bits per heavy atom. The lowest BCUT2D eigenvalue weighted by Crippen LogP contribution is -2.47. The Morgan fingerprint density at radius 1 is 1.64 bits per heavy atom. The highest BCUT2D eigenvalue weighted by Crippen LogP contribution is 2.40. The third-order valence-electron chi connectivity index (χ3n) is 2.95. The number of nitrogens with one attached hydrogen (secondary N) is 1. The van der Waals surface area contributed by atoms with Crippen LogP contribution in [-0.4, -0.2) is 11.9 Å². The Labute approximate surface area is 85.5 Å². The van der Waals surface area contributed by atoms with Crippen molar-refractivity contribution in [3.05, 3.63) is 0 Å². The molecule has 1 aliphatic carbocycles. The van der Waals surface area contributed by atoms with E-state index < -0.39 is 5.41 Å². The minimum Gasteiger partial charge on any atom is -0.352 e. The molecule has 1 N–H and O–H groups in total. The summed E-state index contributed by atoms with van der Waals surface area (Å²) in [6.45, 7) is 4.08. The zero-order valence-corrected chi connectivity index (χ0v) is 8.97. The smallest absolute Gasteiger partial charge is 0.240 e. The molecule has 1 amide bonds. The van der Waals surface area contributed by atoms with Gasteiger partial charge in [-0.15, -0.1) is 0 Å². The summed E-state index contributed by atoms with van der Waals surface area (Å²) in [4.78, 5) is 11.7. The molecule has 1 atom stereocenters. The molecular formula is C11H18N2O. The molecule has 0 aromatic heterocycles. The Balaban J connectivity index is 2.45. The van der Waals surface area contributed by atoms with Gasteiger partial charge in [-0.05, 0) is 32.6 Å². The predicted molar refractivity (Wildman–Crippen MR) is 54.4 cm³/mol. The van der Waals surface area contributed by atoms with E-state index in [0.29, 0.717) is 0 Å². The van der Waals surface area contributed by atoms with Crippen molar-refractivity contribution in [2.45, 2.75) is 52.0 Å². The summed E-state index contributed by atoms with van der Waals surface area (Å²) in [6, 6.07) is 2.34. The number of carbonyl (C=O) groups is 1. The van der Waals surface area contributed by atoms with E-state index in [1.165, 1.54) is 0 Å². The Morgan fingerprint density at radius 3 is 2.64 bits per heavy atom. The third-order valence-corrected chi connectivity index (χ3v) is 2.95. The van der Waals surface area contributed by atoms with Crippen LogP contribution in [0.5, 0.6) is 0 Å². The van der Waals surface area contributed by atoms with Crippen LogP contribution in [-0.2, 0) is 4.79 Å². The van der Waals surface area contributed by atoms with E-state index in [9.17, 15) is 4.79 Å². The summed E-state index contributed by atoms with van der Waals surface area (Å²) in [5.74, 6) is -0.0628. The average Bonchev–Trinajstić information content (AvgIpc) is 2.03. The minimum absolute atomic E-state index is 0.0628. The summed E-state index contributed by atoms with van der Waals surface area (Å²) >= 11 is 0. The highest BCUT2D eigenvalue weighted by atomic mass is 16.2. The largest absolute Gasteiger partial charge is 0.352 e. The van der Waals surface area contributed by atoms with Crippen LogP contribution >= 0.6 is 0 Å². The normalized spacial score (nSPS) is 20.4. The van der Waals surface area contributed by atoms with Crippen LogP contribution in [0, 0.1) is 16.7 Å². The Bertz CT molecular complexity index is 251. The first-order valence-corrected chi connectivity index (χ1v) is 5.37. The molecule has 3 heteroatoms. The van der Waals surface area contributed by atoms with Crippen LogP contribution in [0.4, 0.5) is 0 Å². The predicted octanol–water partition coefficient (Wildman–Crippen LogP) is 1.99. The molecule has 1 aliphatic rings. The van der Waals surface area contributed by atoms with Gasteiger partial charge in [-0.2, -0.15) is 5.26 Å². The van der Waals surface area contributed by atoms with Crippen LogP contribution in [0.15, 0.2) is 0 Å². The topological polar surface area (TPSA) is 52.9 Å². The van der Waals surface area contributed by atoms with Gasteiger partial charge in [-0.1, -0.05) is 13.3 Å². The second kappa shape index (κ2) is 4.45. The van der Waals surface area contributed by atoms with Crippen LogP contribution < -0.4 is 5.32 Å². The Hall–Kier alpha value is -1.04. The van der Waals surface area contributed by atoms with E-state index in [-0.39, 0.29) is 11.9 Å². The van der Waals surface area contributed by atoms with Gasteiger partial charge in [0.1, 0.15) is 5.41 Å². The molecule has 0 spiro atoms. The van der Waals surface area contributed by atoms with E-state index in [4.69, 9.17) is 5.26 Å². The molecule has 0 aromatic rings. The summed E-state index contributed by atoms with van der Waals surface area (Å²) < 4.78 is 0. The molecule has 14 heavy (non-hydrogen) atoms. The van der Waals surface area contributed by atoms with Gasteiger partial charge in [0.2, 0.25) is 5.91 Å². The van der Waals surface area contributed by atoms with Crippen molar-refractivity contribution in [3.63, 3.8) is 0 Å². The van der Waals surface area contributed by atoms with Gasteiger partial charge in [0.05, 0.1) is 6.07 Å². The van der Waals surface area contributed by atoms with E-state index in [1.54, 1.807) is 0 Å². The first-order valence-electron chi connectivity index (χ1n) is 5.37. The summed E-state index contributed by atoms with van der Waals surface area (Å²) in [5, 5.41) is 11.9. The number of hydrogen-bond acceptors (Lipinski definition) is 2. The molecule has 78 valence electrons. The van der Waals surface area contributed by atoms with Crippen LogP contribution in [0.25, 0.3) is 0 Å². The van der Waals surface area contributed by atoms with Crippen LogP contribution in [0.3, 0.4) is 0 Å². The zero-order chi connectivity index (χ0) is 10.6. The highest BCUT2D eigenvalue weighted by Gasteiger charge is 2.44. The van der Waals surface area contributed by atoms with Crippen molar-refractivity contribution in [2.75, 3.05) is 0 Å². The van der Waals surface area contributed by atoms with E-state index >= 15 is 0 Å². The fourth-order valence-electron chi connectivity index (χ4n) is 1.79. The highest BCUT2D eigenvalue weighted by molar-refractivity contribution is 5.86. The molecule has 0 heterocycles. The molecular weight excluding hydrogens is 176 g/mol. The van der Waals surface area contributed by atoms with Gasteiger partial charge >= 0.3 is 0 Å². The molecule has 1 saturated carbocycles. The van der Waals surface area contributed by atoms with E-state index in [2.05, 4.69) is 18.3 Å². The SMILES string of the molecule is CCCC(C)NC(=O)C1(C#N)CCC1. The number of amides is 1. The molecule has 0 aliphatic heterocycles. The quantitative estimate of drug-likeness (QED) is 0.744. The molecule has 0 aromatic carbocycles. The van der Waals surface area contributed by atoms with Crippen molar-refractivity contribution in [1.29, 1.82) is 5.26 Å². The molecule has 3 nitrogen and oxygen atoms in total. The lowest BCUT2D eigenvalue weighted by Gasteiger charge is -2.34. The van der Waals surface area contributed by atoms with Crippen molar-refractivity contribution >= 4 is 5.91 Å². The Kier molecular flexibility index (Phi) is 3.51. The first-order chi connectivity index (χ1) is 6.64. The maximum atomic E-state index is 11.7. The zero-order valence-electron chi connectivity index (χ0n) is 8.97. The second-order valence-electron chi connectivity index (χ2n) is 4.21. The average molecular weight is 194 g/mol. The van der Waals surface area contributed by atoms with Crippen molar-refractivity contribution in [2.24, 2.45) is 5.41 Å². The number of hydrogen-bond donors (Lipinski definition) is 1. The third kappa shape index (κ3) is 2.06. The maximum absolute atomic E-state index is 11.7. The maximum Gasteiger partial charge on any atom is 0.240 e. The fraction of sp³-hybridized carbons (Fsp3) is 0.818. The number of carbonyl (C=O) groups excluding carboxylic acids is 1. The van der Waals surface area contributed by atoms with Gasteiger partial charge in [0, 0.05) is 6.04 Å². The van der Waals surface area contributed by atoms with E-state index in [0.717, 1.165) is 32.1 Å². The van der Waals surface area contributed by atoms with Crippen LogP contribution in [0.1, 0.15) is 46.0 Å². The van der Waals surface area contributed by atoms with Crippen molar-refractivity contribution in [1.82, 2.24) is 5.32 Å². The lowest BCUT2D eigenvalue weighted by atomic mass is 9.69. The van der Waals surface area contributed by atoms with Gasteiger partial charge in [0.15, 0.2) is 0 Å². The van der Waals surface area contributed by atoms with Gasteiger partial charge in [-0.3, -0.25) is 4.79 Å². The molecule has 1 rings (SSSR count). The summed E-state index contributed by atoms with van der Waals surface area (Å²) in [7, 11) is 0. The van der Waals surface area contributed by atoms with Gasteiger partial charge < -0.3 is 5.32 Å². The minimum atomic E-state index is -0.692. The summed E-state index contributed by atoms with van der Waals surface area (Å²) in [6.07, 6.45) is 4.50. The molecule has 0 bridgehead atoms. The van der Waals surface area contributed by atoms with E-state index in [1.807, 2.05) is 6.92 Å². The number of rotatable bonds is 4. The molecule has 0 radical (unpaired) electrons. The monoisotopic (exact) mass is 194 g/mol. The number of nitriles is 1. The first kappa shape index (κ1) is 11.0. The van der Waals surface area contributed by atoms with Crippen molar-refractivity contribution in [3.8, 4) is 6.07 Å². The number of nitrogens with zero attached hydrogens (tertiary/aromatic N) is 1. The standard InChI is InChI=1S/C11H18N2O/c1-3-5-9(2)13-10(14)11(8-12)6-4-7-11/h9H,3-7H2,1-2H3,(H,13,14). The summed E-state index contributed by atoms with van der Waals surface area (Å²) in [5.41, 5.74) is -0.692. The van der Waals surface area contributed by atoms with Crippen molar-refractivity contribution < 1.29 is 4.79 Å². The van der Waals surface area contributed by atoms with Gasteiger partial charge in [-0.25, -0.2) is 0 Å². The van der Waals surface area contributed by atoms with Gasteiger partial charge in [0.25, 0.3) is 0 Å².